The zero-order valence-electron chi connectivity index (χ0n) is 13.3. The summed E-state index contributed by atoms with van der Waals surface area (Å²) in [4.78, 5) is 21.0. The van der Waals surface area contributed by atoms with Gasteiger partial charge in [-0.05, 0) is 23.6 Å². The van der Waals surface area contributed by atoms with E-state index in [0.717, 1.165) is 38.5 Å². The van der Waals surface area contributed by atoms with E-state index >= 15 is 0 Å². The van der Waals surface area contributed by atoms with Crippen molar-refractivity contribution in [3.05, 3.63) is 41.4 Å². The lowest BCUT2D eigenvalue weighted by atomic mass is 10.2. The SMILES string of the molecule is N#Cc1ccsc1NC(=O)CCN1CCN(c2ccccn2)CC1. The minimum Gasteiger partial charge on any atom is -0.354 e. The van der Waals surface area contributed by atoms with Gasteiger partial charge < -0.3 is 10.2 Å². The fraction of sp³-hybridized carbons (Fsp3) is 0.353. The van der Waals surface area contributed by atoms with Gasteiger partial charge >= 0.3 is 0 Å². The number of carbonyl (C=O) groups excluding carboxylic acids is 1. The first kappa shape index (κ1) is 16.4. The Morgan fingerprint density at radius 3 is 2.83 bits per heavy atom. The lowest BCUT2D eigenvalue weighted by Crippen LogP contribution is -2.47. The first-order valence-corrected chi connectivity index (χ1v) is 8.80. The maximum absolute atomic E-state index is 12.0. The van der Waals surface area contributed by atoms with Gasteiger partial charge in [-0.1, -0.05) is 6.07 Å². The van der Waals surface area contributed by atoms with E-state index in [1.807, 2.05) is 29.8 Å². The van der Waals surface area contributed by atoms with Crippen LogP contribution in [0.25, 0.3) is 0 Å². The van der Waals surface area contributed by atoms with Gasteiger partial charge in [0.25, 0.3) is 0 Å². The van der Waals surface area contributed by atoms with Crippen molar-refractivity contribution < 1.29 is 4.79 Å². The summed E-state index contributed by atoms with van der Waals surface area (Å²) in [6.07, 6.45) is 2.25. The highest BCUT2D eigenvalue weighted by Gasteiger charge is 2.18. The Balaban J connectivity index is 1.42. The lowest BCUT2D eigenvalue weighted by molar-refractivity contribution is -0.116. The van der Waals surface area contributed by atoms with Crippen LogP contribution < -0.4 is 10.2 Å². The number of aromatic nitrogens is 1. The number of rotatable bonds is 5. The van der Waals surface area contributed by atoms with Gasteiger partial charge in [-0.2, -0.15) is 5.26 Å². The Kier molecular flexibility index (Phi) is 5.41. The van der Waals surface area contributed by atoms with Crippen molar-refractivity contribution in [2.45, 2.75) is 6.42 Å². The highest BCUT2D eigenvalue weighted by Crippen LogP contribution is 2.22. The van der Waals surface area contributed by atoms with Crippen LogP contribution in [0.1, 0.15) is 12.0 Å². The Morgan fingerprint density at radius 1 is 1.29 bits per heavy atom. The molecule has 0 aliphatic carbocycles. The summed E-state index contributed by atoms with van der Waals surface area (Å²) < 4.78 is 0. The minimum absolute atomic E-state index is 0.0406. The highest BCUT2D eigenvalue weighted by atomic mass is 32.1. The maximum Gasteiger partial charge on any atom is 0.226 e. The topological polar surface area (TPSA) is 72.3 Å². The summed E-state index contributed by atoms with van der Waals surface area (Å²) in [5.41, 5.74) is 0.525. The van der Waals surface area contributed by atoms with Crippen molar-refractivity contribution >= 4 is 28.1 Å². The van der Waals surface area contributed by atoms with E-state index in [0.29, 0.717) is 17.0 Å². The molecule has 0 spiro atoms. The molecule has 24 heavy (non-hydrogen) atoms. The smallest absolute Gasteiger partial charge is 0.226 e. The molecule has 0 atom stereocenters. The van der Waals surface area contributed by atoms with E-state index in [1.165, 1.54) is 11.3 Å². The molecule has 2 aromatic rings. The van der Waals surface area contributed by atoms with Crippen molar-refractivity contribution in [1.29, 1.82) is 5.26 Å². The van der Waals surface area contributed by atoms with Crippen molar-refractivity contribution in [2.75, 3.05) is 42.9 Å². The molecule has 124 valence electrons. The largest absolute Gasteiger partial charge is 0.354 e. The van der Waals surface area contributed by atoms with Gasteiger partial charge in [-0.25, -0.2) is 4.98 Å². The van der Waals surface area contributed by atoms with E-state index in [9.17, 15) is 4.79 Å². The molecule has 0 unspecified atom stereocenters. The van der Waals surface area contributed by atoms with Crippen LogP contribution in [0.5, 0.6) is 0 Å². The third-order valence-electron chi connectivity index (χ3n) is 4.04. The van der Waals surface area contributed by atoms with Crippen LogP contribution in [0.4, 0.5) is 10.8 Å². The van der Waals surface area contributed by atoms with Crippen LogP contribution in [0.3, 0.4) is 0 Å². The quantitative estimate of drug-likeness (QED) is 0.902. The Morgan fingerprint density at radius 2 is 2.12 bits per heavy atom. The van der Waals surface area contributed by atoms with E-state index in [2.05, 4.69) is 26.2 Å². The second kappa shape index (κ2) is 7.90. The highest BCUT2D eigenvalue weighted by molar-refractivity contribution is 7.14. The number of carbonyl (C=O) groups is 1. The maximum atomic E-state index is 12.0. The second-order valence-corrected chi connectivity index (χ2v) is 6.51. The van der Waals surface area contributed by atoms with Crippen molar-refractivity contribution in [3.63, 3.8) is 0 Å². The van der Waals surface area contributed by atoms with Gasteiger partial charge in [0, 0.05) is 45.3 Å². The average molecular weight is 341 g/mol. The molecule has 1 fully saturated rings. The second-order valence-electron chi connectivity index (χ2n) is 5.59. The third-order valence-corrected chi connectivity index (χ3v) is 4.87. The average Bonchev–Trinajstić information content (AvgIpc) is 3.08. The first-order valence-electron chi connectivity index (χ1n) is 7.92. The summed E-state index contributed by atoms with van der Waals surface area (Å²) in [5, 5.41) is 14.2. The molecule has 1 N–H and O–H groups in total. The molecule has 1 aliphatic rings. The molecule has 3 heterocycles. The summed E-state index contributed by atoms with van der Waals surface area (Å²) in [6, 6.07) is 9.74. The van der Waals surface area contributed by atoms with Crippen LogP contribution >= 0.6 is 11.3 Å². The molecule has 0 aromatic carbocycles. The van der Waals surface area contributed by atoms with E-state index in [4.69, 9.17) is 5.26 Å². The fourth-order valence-corrected chi connectivity index (χ4v) is 3.44. The van der Waals surface area contributed by atoms with Gasteiger partial charge in [0.15, 0.2) is 0 Å². The molecule has 0 radical (unpaired) electrons. The van der Waals surface area contributed by atoms with Crippen LogP contribution in [0.2, 0.25) is 0 Å². The van der Waals surface area contributed by atoms with Gasteiger partial charge in [0.05, 0.1) is 5.56 Å². The van der Waals surface area contributed by atoms with Crippen molar-refractivity contribution in [2.24, 2.45) is 0 Å². The number of nitriles is 1. The molecular formula is C17H19N5OS. The third kappa shape index (κ3) is 4.10. The van der Waals surface area contributed by atoms with Gasteiger partial charge in [-0.15, -0.1) is 11.3 Å². The molecule has 1 aliphatic heterocycles. The predicted octanol–water partition coefficient (Wildman–Crippen LogP) is 2.17. The van der Waals surface area contributed by atoms with Crippen molar-refractivity contribution in [3.8, 4) is 6.07 Å². The van der Waals surface area contributed by atoms with E-state index < -0.39 is 0 Å². The Labute approximate surface area is 145 Å². The number of nitrogens with zero attached hydrogens (tertiary/aromatic N) is 4. The standard InChI is InChI=1S/C17H19N5OS/c18-13-14-5-12-24-17(14)20-16(23)4-7-21-8-10-22(11-9-21)15-3-1-2-6-19-15/h1-3,5-6,12H,4,7-11H2,(H,20,23). The molecule has 7 heteroatoms. The molecule has 1 saturated heterocycles. The number of thiophene rings is 1. The number of piperazine rings is 1. The number of nitrogens with one attached hydrogen (secondary N) is 1. The van der Waals surface area contributed by atoms with Gasteiger partial charge in [0.1, 0.15) is 16.9 Å². The van der Waals surface area contributed by atoms with Crippen LogP contribution in [0.15, 0.2) is 35.8 Å². The van der Waals surface area contributed by atoms with Gasteiger partial charge in [0.2, 0.25) is 5.91 Å². The molecular weight excluding hydrogens is 322 g/mol. The molecule has 0 saturated carbocycles. The van der Waals surface area contributed by atoms with Crippen molar-refractivity contribution in [1.82, 2.24) is 9.88 Å². The minimum atomic E-state index is -0.0406. The summed E-state index contributed by atoms with van der Waals surface area (Å²) in [6.45, 7) is 4.41. The summed E-state index contributed by atoms with van der Waals surface area (Å²) in [5.74, 6) is 0.970. The number of pyridine rings is 1. The zero-order valence-corrected chi connectivity index (χ0v) is 14.1. The molecule has 0 bridgehead atoms. The van der Waals surface area contributed by atoms with Crippen LogP contribution in [-0.2, 0) is 4.79 Å². The van der Waals surface area contributed by atoms with Crippen LogP contribution in [-0.4, -0.2) is 48.5 Å². The molecule has 6 nitrogen and oxygen atoms in total. The lowest BCUT2D eigenvalue weighted by Gasteiger charge is -2.35. The monoisotopic (exact) mass is 341 g/mol. The number of hydrogen-bond acceptors (Lipinski definition) is 6. The predicted molar refractivity (Wildman–Crippen MR) is 95.2 cm³/mol. The summed E-state index contributed by atoms with van der Waals surface area (Å²) in [7, 11) is 0. The van der Waals surface area contributed by atoms with Crippen LogP contribution in [0, 0.1) is 11.3 Å². The number of amides is 1. The summed E-state index contributed by atoms with van der Waals surface area (Å²) >= 11 is 1.38. The molecule has 2 aromatic heterocycles. The zero-order chi connectivity index (χ0) is 16.8. The molecule has 3 rings (SSSR count). The normalized spacial score (nSPS) is 15.0. The van der Waals surface area contributed by atoms with Gasteiger partial charge in [-0.3, -0.25) is 9.69 Å². The Bertz CT molecular complexity index is 716. The van der Waals surface area contributed by atoms with E-state index in [-0.39, 0.29) is 5.91 Å². The Hall–Kier alpha value is -2.43. The fourth-order valence-electron chi connectivity index (χ4n) is 2.68. The van der Waals surface area contributed by atoms with E-state index in [1.54, 1.807) is 6.07 Å². The number of hydrogen-bond donors (Lipinski definition) is 1. The number of anilines is 2. The molecule has 1 amide bonds. The first-order chi connectivity index (χ1) is 11.8.